The number of hydrogen-bond donors (Lipinski definition) is 1. The number of hydrogen-bond acceptors (Lipinski definition) is 6. The van der Waals surface area contributed by atoms with Crippen molar-refractivity contribution in [3.05, 3.63) is 22.9 Å². The molecular weight excluding hydrogens is 340 g/mol. The van der Waals surface area contributed by atoms with E-state index in [-0.39, 0.29) is 17.7 Å². The smallest absolute Gasteiger partial charge is 0.324 e. The molecule has 1 aromatic heterocycles. The average molecular weight is 360 g/mol. The summed E-state index contributed by atoms with van der Waals surface area (Å²) in [5, 5.41) is 12.4. The molecule has 0 spiro atoms. The lowest BCUT2D eigenvalue weighted by molar-refractivity contribution is -0.130. The number of pyridine rings is 1. The lowest BCUT2D eigenvalue weighted by atomic mass is 10.1. The molecule has 0 radical (unpaired) electrons. The molecule has 1 aliphatic heterocycles. The highest BCUT2D eigenvalue weighted by Gasteiger charge is 2.43. The highest BCUT2D eigenvalue weighted by molar-refractivity contribution is 7.99. The molecule has 1 aliphatic rings. The van der Waals surface area contributed by atoms with Crippen LogP contribution in [0, 0.1) is 18.3 Å². The number of carbonyl (C=O) groups excluding carboxylic acids is 3. The van der Waals surface area contributed by atoms with Gasteiger partial charge in [0, 0.05) is 23.6 Å². The zero-order chi connectivity index (χ0) is 18.8. The second kappa shape index (κ2) is 7.23. The fourth-order valence-electron chi connectivity index (χ4n) is 2.54. The van der Waals surface area contributed by atoms with E-state index in [4.69, 9.17) is 0 Å². The highest BCUT2D eigenvalue weighted by Crippen LogP contribution is 2.24. The zero-order valence-electron chi connectivity index (χ0n) is 14.7. The van der Waals surface area contributed by atoms with Gasteiger partial charge in [-0.15, -0.1) is 11.8 Å². The van der Waals surface area contributed by atoms with Crippen LogP contribution in [0.25, 0.3) is 0 Å². The quantitative estimate of drug-likeness (QED) is 0.361. The summed E-state index contributed by atoms with van der Waals surface area (Å²) in [6, 6.07) is 3.25. The maximum absolute atomic E-state index is 12.1. The van der Waals surface area contributed by atoms with Gasteiger partial charge < -0.3 is 5.32 Å². The van der Waals surface area contributed by atoms with Crippen LogP contribution in [0.3, 0.4) is 0 Å². The summed E-state index contributed by atoms with van der Waals surface area (Å²) in [5.74, 6) is 0.233. The zero-order valence-corrected chi connectivity index (χ0v) is 15.5. The molecule has 8 heteroatoms. The molecule has 0 unspecified atom stereocenters. The van der Waals surface area contributed by atoms with Gasteiger partial charge in [-0.2, -0.15) is 5.26 Å². The van der Waals surface area contributed by atoms with Crippen molar-refractivity contribution >= 4 is 29.5 Å². The monoisotopic (exact) mass is 360 g/mol. The first-order chi connectivity index (χ1) is 11.7. The van der Waals surface area contributed by atoms with Crippen LogP contribution in [0.1, 0.15) is 48.8 Å². The van der Waals surface area contributed by atoms with Gasteiger partial charge in [-0.25, -0.2) is 9.78 Å². The summed E-state index contributed by atoms with van der Waals surface area (Å²) in [6.45, 7) is 6.83. The van der Waals surface area contributed by atoms with Gasteiger partial charge in [0.25, 0.3) is 5.91 Å². The van der Waals surface area contributed by atoms with Gasteiger partial charge in [0.05, 0.1) is 5.56 Å². The molecule has 0 atom stereocenters. The van der Waals surface area contributed by atoms with Gasteiger partial charge in [0.2, 0.25) is 0 Å². The molecular formula is C17H20N4O3S. The van der Waals surface area contributed by atoms with E-state index in [1.165, 1.54) is 23.6 Å². The van der Waals surface area contributed by atoms with Gasteiger partial charge in [-0.1, -0.05) is 0 Å². The predicted octanol–water partition coefficient (Wildman–Crippen LogP) is 2.28. The molecule has 3 amide bonds. The Labute approximate surface area is 150 Å². The van der Waals surface area contributed by atoms with Crippen molar-refractivity contribution in [3.63, 3.8) is 0 Å². The largest absolute Gasteiger partial charge is 0.325 e. The fraction of sp³-hybridized carbons (Fsp3) is 0.471. The fourth-order valence-corrected chi connectivity index (χ4v) is 3.47. The van der Waals surface area contributed by atoms with E-state index >= 15 is 0 Å². The molecule has 7 nitrogen and oxygen atoms in total. The molecule has 25 heavy (non-hydrogen) atoms. The molecule has 0 bridgehead atoms. The third-order valence-corrected chi connectivity index (χ3v) is 4.96. The Morgan fingerprint density at radius 2 is 2.12 bits per heavy atom. The number of Topliss-reactive ketones (excluding diaryl/α,β-unsaturated/α-hetero) is 1. The minimum atomic E-state index is -0.862. The number of urea groups is 1. The number of imide groups is 1. The number of nitrogens with zero attached hydrogens (tertiary/aromatic N) is 3. The summed E-state index contributed by atoms with van der Waals surface area (Å²) in [6.07, 6.45) is 0.583. The van der Waals surface area contributed by atoms with Crippen LogP contribution in [-0.4, -0.2) is 45.4 Å². The molecule has 0 aliphatic carbocycles. The maximum atomic E-state index is 12.1. The third kappa shape index (κ3) is 3.99. The summed E-state index contributed by atoms with van der Waals surface area (Å²) < 4.78 is 0. The van der Waals surface area contributed by atoms with Crippen LogP contribution in [0.15, 0.2) is 11.1 Å². The van der Waals surface area contributed by atoms with Crippen molar-refractivity contribution in [2.24, 2.45) is 0 Å². The predicted molar refractivity (Wildman–Crippen MR) is 93.4 cm³/mol. The van der Waals surface area contributed by atoms with Crippen LogP contribution >= 0.6 is 11.8 Å². The van der Waals surface area contributed by atoms with Crippen molar-refractivity contribution in [3.8, 4) is 6.07 Å². The first-order valence-electron chi connectivity index (χ1n) is 7.87. The van der Waals surface area contributed by atoms with Crippen LogP contribution < -0.4 is 5.32 Å². The second-order valence-electron chi connectivity index (χ2n) is 6.36. The van der Waals surface area contributed by atoms with Crippen molar-refractivity contribution in [2.45, 2.75) is 44.7 Å². The summed E-state index contributed by atoms with van der Waals surface area (Å²) in [4.78, 5) is 41.0. The molecule has 132 valence electrons. The van der Waals surface area contributed by atoms with Crippen LogP contribution in [0.2, 0.25) is 0 Å². The van der Waals surface area contributed by atoms with Crippen LogP contribution in [-0.2, 0) is 4.79 Å². The number of nitrogens with one attached hydrogen (secondary N) is 1. The van der Waals surface area contributed by atoms with Gasteiger partial charge in [0.1, 0.15) is 16.6 Å². The Morgan fingerprint density at radius 1 is 1.44 bits per heavy atom. The van der Waals surface area contributed by atoms with E-state index in [1.54, 1.807) is 26.8 Å². The van der Waals surface area contributed by atoms with E-state index in [0.29, 0.717) is 40.6 Å². The topological polar surface area (TPSA) is 103 Å². The SMILES string of the molecule is CC(=O)c1cc(C#N)c(SCCCN2C(=O)NC(C)(C)C2=O)nc1C. The van der Waals surface area contributed by atoms with Gasteiger partial charge in [-0.3, -0.25) is 14.5 Å². The van der Waals surface area contributed by atoms with Crippen LogP contribution in [0.4, 0.5) is 4.79 Å². The first kappa shape index (κ1) is 18.9. The number of rotatable bonds is 6. The van der Waals surface area contributed by atoms with Crippen molar-refractivity contribution in [1.29, 1.82) is 5.26 Å². The number of carbonyl (C=O) groups is 3. The number of aryl methyl sites for hydroxylation is 1. The Kier molecular flexibility index (Phi) is 5.48. The van der Waals surface area contributed by atoms with E-state index in [2.05, 4.69) is 16.4 Å². The van der Waals surface area contributed by atoms with Gasteiger partial charge in [-0.05, 0) is 40.2 Å². The molecule has 2 rings (SSSR count). The van der Waals surface area contributed by atoms with E-state index in [9.17, 15) is 19.6 Å². The molecule has 0 aromatic carbocycles. The maximum Gasteiger partial charge on any atom is 0.325 e. The van der Waals surface area contributed by atoms with Gasteiger partial charge >= 0.3 is 6.03 Å². The Morgan fingerprint density at radius 3 is 2.64 bits per heavy atom. The highest BCUT2D eigenvalue weighted by atomic mass is 32.2. The van der Waals surface area contributed by atoms with Crippen molar-refractivity contribution in [2.75, 3.05) is 12.3 Å². The minimum Gasteiger partial charge on any atom is -0.324 e. The lowest BCUT2D eigenvalue weighted by Crippen LogP contribution is -2.40. The van der Waals surface area contributed by atoms with Crippen molar-refractivity contribution in [1.82, 2.24) is 15.2 Å². The minimum absolute atomic E-state index is 0.126. The second-order valence-corrected chi connectivity index (χ2v) is 7.44. The summed E-state index contributed by atoms with van der Waals surface area (Å²) in [7, 11) is 0. The Balaban J connectivity index is 1.98. The molecule has 1 N–H and O–H groups in total. The lowest BCUT2D eigenvalue weighted by Gasteiger charge is -2.15. The molecule has 2 heterocycles. The van der Waals surface area contributed by atoms with Crippen molar-refractivity contribution < 1.29 is 14.4 Å². The standard InChI is InChI=1S/C17H20N4O3S/c1-10-13(11(2)22)8-12(9-18)14(19-10)25-7-5-6-21-15(23)17(3,4)20-16(21)24/h8H,5-7H2,1-4H3,(H,20,24). The Bertz CT molecular complexity index is 783. The molecule has 1 saturated heterocycles. The normalized spacial score (nSPS) is 15.9. The van der Waals surface area contributed by atoms with E-state index in [0.717, 1.165) is 0 Å². The van der Waals surface area contributed by atoms with Crippen LogP contribution in [0.5, 0.6) is 0 Å². The third-order valence-electron chi connectivity index (χ3n) is 3.89. The number of amides is 3. The van der Waals surface area contributed by atoms with E-state index in [1.807, 2.05) is 0 Å². The number of thioether (sulfide) groups is 1. The first-order valence-corrected chi connectivity index (χ1v) is 8.85. The van der Waals surface area contributed by atoms with E-state index < -0.39 is 5.54 Å². The molecule has 0 saturated carbocycles. The number of nitriles is 1. The number of ketones is 1. The number of aromatic nitrogens is 1. The molecule has 1 aromatic rings. The average Bonchev–Trinajstić information content (AvgIpc) is 2.72. The summed E-state index contributed by atoms with van der Waals surface area (Å²) in [5.41, 5.74) is 0.531. The van der Waals surface area contributed by atoms with Gasteiger partial charge in [0.15, 0.2) is 5.78 Å². The molecule has 1 fully saturated rings. The Hall–Kier alpha value is -2.40. The summed E-state index contributed by atoms with van der Waals surface area (Å²) >= 11 is 1.38.